The van der Waals surface area contributed by atoms with Crippen molar-refractivity contribution in [3.05, 3.63) is 35.4 Å². The predicted molar refractivity (Wildman–Crippen MR) is 89.6 cm³/mol. The minimum atomic E-state index is 0.223. The number of fused-ring (bicyclic) bond motifs is 1. The van der Waals surface area contributed by atoms with Crippen molar-refractivity contribution in [2.24, 2.45) is 5.73 Å². The van der Waals surface area contributed by atoms with Gasteiger partial charge in [0.05, 0.1) is 0 Å². The summed E-state index contributed by atoms with van der Waals surface area (Å²) in [5.74, 6) is 0.691. The van der Waals surface area contributed by atoms with Gasteiger partial charge in [0, 0.05) is 11.6 Å². The van der Waals surface area contributed by atoms with Crippen LogP contribution in [0.2, 0.25) is 0 Å². The fourth-order valence-corrected chi connectivity index (χ4v) is 4.59. The van der Waals surface area contributed by atoms with Crippen LogP contribution in [-0.2, 0) is 6.42 Å². The maximum absolute atomic E-state index is 6.78. The van der Waals surface area contributed by atoms with E-state index in [0.717, 1.165) is 6.42 Å². The number of nitrogens with zero attached hydrogens (tertiary/aromatic N) is 1. The van der Waals surface area contributed by atoms with E-state index in [1.54, 1.807) is 5.56 Å². The molecule has 2 atom stereocenters. The van der Waals surface area contributed by atoms with Gasteiger partial charge in [0.2, 0.25) is 0 Å². The molecule has 1 aromatic carbocycles. The Bertz CT molecular complexity index is 472. The van der Waals surface area contributed by atoms with E-state index in [9.17, 15) is 0 Å². The van der Waals surface area contributed by atoms with Gasteiger partial charge in [0.1, 0.15) is 0 Å². The van der Waals surface area contributed by atoms with E-state index < -0.39 is 0 Å². The molecule has 2 aliphatic carbocycles. The van der Waals surface area contributed by atoms with Gasteiger partial charge in [-0.2, -0.15) is 0 Å². The van der Waals surface area contributed by atoms with Crippen LogP contribution in [0.4, 0.5) is 0 Å². The third-order valence-corrected chi connectivity index (χ3v) is 6.05. The zero-order chi connectivity index (χ0) is 14.9. The molecule has 2 heteroatoms. The van der Waals surface area contributed by atoms with E-state index in [1.165, 1.54) is 50.5 Å². The van der Waals surface area contributed by atoms with Gasteiger partial charge < -0.3 is 10.6 Å². The number of benzene rings is 1. The second kappa shape index (κ2) is 6.10. The second-order valence-corrected chi connectivity index (χ2v) is 7.35. The summed E-state index contributed by atoms with van der Waals surface area (Å²) >= 11 is 0. The number of hydrogen-bond acceptors (Lipinski definition) is 2. The first-order valence-electron chi connectivity index (χ1n) is 8.64. The summed E-state index contributed by atoms with van der Waals surface area (Å²) in [7, 11) is 4.47. The van der Waals surface area contributed by atoms with Crippen molar-refractivity contribution >= 4 is 0 Å². The summed E-state index contributed by atoms with van der Waals surface area (Å²) in [4.78, 5) is 2.44. The SMILES string of the molecule is CN(C)C1(C(N)CC2Cc3ccccc32)CCCCCC1. The van der Waals surface area contributed by atoms with E-state index in [-0.39, 0.29) is 5.54 Å². The third-order valence-electron chi connectivity index (χ3n) is 6.05. The second-order valence-electron chi connectivity index (χ2n) is 7.35. The number of rotatable bonds is 4. The average Bonchev–Trinajstić information content (AvgIpc) is 2.71. The molecule has 2 unspecified atom stereocenters. The normalized spacial score (nSPS) is 25.8. The summed E-state index contributed by atoms with van der Waals surface area (Å²) in [6.45, 7) is 0. The lowest BCUT2D eigenvalue weighted by atomic mass is 9.70. The van der Waals surface area contributed by atoms with Gasteiger partial charge >= 0.3 is 0 Å². The van der Waals surface area contributed by atoms with Crippen LogP contribution in [-0.4, -0.2) is 30.6 Å². The van der Waals surface area contributed by atoms with Gasteiger partial charge in [-0.3, -0.25) is 0 Å². The van der Waals surface area contributed by atoms with E-state index in [0.29, 0.717) is 12.0 Å². The van der Waals surface area contributed by atoms with Crippen molar-refractivity contribution in [2.45, 2.75) is 68.9 Å². The average molecular weight is 286 g/mol. The van der Waals surface area contributed by atoms with Gasteiger partial charge in [-0.1, -0.05) is 49.9 Å². The lowest BCUT2D eigenvalue weighted by molar-refractivity contribution is 0.0889. The first-order valence-corrected chi connectivity index (χ1v) is 8.64. The number of nitrogens with two attached hydrogens (primary N) is 1. The molecule has 2 nitrogen and oxygen atoms in total. The fourth-order valence-electron chi connectivity index (χ4n) is 4.59. The molecule has 3 rings (SSSR count). The summed E-state index contributed by atoms with van der Waals surface area (Å²) in [6.07, 6.45) is 10.4. The van der Waals surface area contributed by atoms with Crippen LogP contribution in [0.5, 0.6) is 0 Å². The zero-order valence-corrected chi connectivity index (χ0v) is 13.6. The molecule has 0 saturated heterocycles. The highest BCUT2D eigenvalue weighted by Gasteiger charge is 2.41. The standard InChI is InChI=1S/C19H30N2/c1-21(2)19(11-7-3-4-8-12-19)18(20)14-16-13-15-9-5-6-10-17(15)16/h5-6,9-10,16,18H,3-4,7-8,11-14,20H2,1-2H3. The molecule has 1 fully saturated rings. The Balaban J connectivity index is 1.72. The Morgan fingerprint density at radius 2 is 1.81 bits per heavy atom. The van der Waals surface area contributed by atoms with Crippen LogP contribution in [0.3, 0.4) is 0 Å². The molecule has 116 valence electrons. The Hall–Kier alpha value is -0.860. The van der Waals surface area contributed by atoms with Crippen molar-refractivity contribution in [2.75, 3.05) is 14.1 Å². The number of hydrogen-bond donors (Lipinski definition) is 1. The van der Waals surface area contributed by atoms with Gasteiger partial charge in [-0.05, 0) is 56.8 Å². The van der Waals surface area contributed by atoms with Crippen LogP contribution < -0.4 is 5.73 Å². The van der Waals surface area contributed by atoms with Crippen LogP contribution in [0.1, 0.15) is 62.0 Å². The van der Waals surface area contributed by atoms with Crippen LogP contribution in [0, 0.1) is 0 Å². The van der Waals surface area contributed by atoms with Crippen molar-refractivity contribution < 1.29 is 0 Å². The first-order chi connectivity index (χ1) is 10.1. The Morgan fingerprint density at radius 3 is 2.43 bits per heavy atom. The minimum Gasteiger partial charge on any atom is -0.326 e. The maximum Gasteiger partial charge on any atom is 0.0354 e. The Morgan fingerprint density at radius 1 is 1.14 bits per heavy atom. The van der Waals surface area contributed by atoms with Gasteiger partial charge in [0.25, 0.3) is 0 Å². The highest BCUT2D eigenvalue weighted by molar-refractivity contribution is 5.40. The molecular weight excluding hydrogens is 256 g/mol. The molecule has 0 aliphatic heterocycles. The molecule has 0 bridgehead atoms. The van der Waals surface area contributed by atoms with E-state index in [2.05, 4.69) is 43.3 Å². The summed E-state index contributed by atoms with van der Waals surface area (Å²) < 4.78 is 0. The van der Waals surface area contributed by atoms with Gasteiger partial charge in [-0.25, -0.2) is 0 Å². The Kier molecular flexibility index (Phi) is 4.37. The molecule has 0 radical (unpaired) electrons. The van der Waals surface area contributed by atoms with Crippen LogP contribution >= 0.6 is 0 Å². The van der Waals surface area contributed by atoms with Crippen LogP contribution in [0.15, 0.2) is 24.3 Å². The van der Waals surface area contributed by atoms with Crippen LogP contribution in [0.25, 0.3) is 0 Å². The summed E-state index contributed by atoms with van der Waals surface area (Å²) in [6, 6.07) is 9.19. The van der Waals surface area contributed by atoms with Crippen molar-refractivity contribution in [3.8, 4) is 0 Å². The molecule has 2 aliphatic rings. The lowest BCUT2D eigenvalue weighted by Gasteiger charge is -2.46. The van der Waals surface area contributed by atoms with Gasteiger partial charge in [-0.15, -0.1) is 0 Å². The highest BCUT2D eigenvalue weighted by Crippen LogP contribution is 2.42. The molecule has 21 heavy (non-hydrogen) atoms. The van der Waals surface area contributed by atoms with Crippen molar-refractivity contribution in [1.82, 2.24) is 4.90 Å². The molecule has 0 aromatic heterocycles. The fraction of sp³-hybridized carbons (Fsp3) is 0.684. The zero-order valence-electron chi connectivity index (χ0n) is 13.6. The molecule has 0 heterocycles. The topological polar surface area (TPSA) is 29.3 Å². The lowest BCUT2D eigenvalue weighted by Crippen LogP contribution is -2.57. The molecule has 1 aromatic rings. The smallest absolute Gasteiger partial charge is 0.0354 e. The van der Waals surface area contributed by atoms with Crippen molar-refractivity contribution in [1.29, 1.82) is 0 Å². The monoisotopic (exact) mass is 286 g/mol. The molecular formula is C19H30N2. The van der Waals surface area contributed by atoms with E-state index in [4.69, 9.17) is 5.73 Å². The molecule has 0 spiro atoms. The quantitative estimate of drug-likeness (QED) is 0.855. The maximum atomic E-state index is 6.78. The molecule has 0 amide bonds. The molecule has 2 N–H and O–H groups in total. The largest absolute Gasteiger partial charge is 0.326 e. The third kappa shape index (κ3) is 2.76. The predicted octanol–water partition coefficient (Wildman–Crippen LogP) is 3.70. The summed E-state index contributed by atoms with van der Waals surface area (Å²) in [5, 5.41) is 0. The Labute approximate surface area is 129 Å². The number of likely N-dealkylation sites (N-methyl/N-ethyl adjacent to an activating group) is 1. The minimum absolute atomic E-state index is 0.223. The summed E-state index contributed by atoms with van der Waals surface area (Å²) in [5.41, 5.74) is 10.1. The van der Waals surface area contributed by atoms with Gasteiger partial charge in [0.15, 0.2) is 0 Å². The first kappa shape index (κ1) is 15.1. The van der Waals surface area contributed by atoms with E-state index >= 15 is 0 Å². The van der Waals surface area contributed by atoms with E-state index in [1.807, 2.05) is 0 Å². The molecule has 1 saturated carbocycles. The van der Waals surface area contributed by atoms with Crippen molar-refractivity contribution in [3.63, 3.8) is 0 Å². The highest BCUT2D eigenvalue weighted by atomic mass is 15.2.